The van der Waals surface area contributed by atoms with Crippen LogP contribution in [-0.2, 0) is 11.3 Å². The number of hydrogen-bond donors (Lipinski definition) is 1. The number of carbonyl (C=O) groups is 1. The van der Waals surface area contributed by atoms with Crippen LogP contribution in [0, 0.1) is 17.2 Å². The van der Waals surface area contributed by atoms with Crippen LogP contribution in [0.1, 0.15) is 19.4 Å². The van der Waals surface area contributed by atoms with E-state index in [2.05, 4.69) is 10.3 Å². The number of nitrogens with zero attached hydrogens (tertiary/aromatic N) is 3. The van der Waals surface area contributed by atoms with Crippen LogP contribution in [0.2, 0.25) is 0 Å². The second-order valence-electron chi connectivity index (χ2n) is 5.55. The summed E-state index contributed by atoms with van der Waals surface area (Å²) in [6.45, 7) is 4.36. The van der Waals surface area contributed by atoms with E-state index in [-0.39, 0.29) is 18.0 Å². The Balaban J connectivity index is 2.41. The van der Waals surface area contributed by atoms with Crippen LogP contribution in [0.15, 0.2) is 41.3 Å². The molecule has 0 spiro atoms. The summed E-state index contributed by atoms with van der Waals surface area (Å²) in [6, 6.07) is 10.3. The first-order valence-electron chi connectivity index (χ1n) is 7.35. The maximum Gasteiger partial charge on any atom is 0.269 e. The third-order valence-electron chi connectivity index (χ3n) is 3.23. The summed E-state index contributed by atoms with van der Waals surface area (Å²) in [5.41, 5.74) is 0.594. The lowest BCUT2D eigenvalue weighted by Crippen LogP contribution is -2.35. The molecule has 0 aliphatic rings. The Morgan fingerprint density at radius 3 is 2.74 bits per heavy atom. The first-order chi connectivity index (χ1) is 11.0. The lowest BCUT2D eigenvalue weighted by atomic mass is 10.2. The van der Waals surface area contributed by atoms with Crippen molar-refractivity contribution in [2.45, 2.75) is 20.4 Å². The van der Waals surface area contributed by atoms with Gasteiger partial charge >= 0.3 is 0 Å². The molecule has 1 N–H and O–H groups in total. The molecule has 0 saturated heterocycles. The number of carbonyl (C=O) groups excluding carboxylic acids is 1. The Labute approximate surface area is 134 Å². The summed E-state index contributed by atoms with van der Waals surface area (Å²) in [7, 11) is 0. The largest absolute Gasteiger partial charge is 0.354 e. The van der Waals surface area contributed by atoms with Gasteiger partial charge in [0, 0.05) is 12.7 Å². The topological polar surface area (TPSA) is 87.8 Å². The minimum atomic E-state index is -0.490. The molecule has 23 heavy (non-hydrogen) atoms. The Morgan fingerprint density at radius 2 is 2.13 bits per heavy atom. The molecule has 0 aliphatic heterocycles. The molecule has 118 valence electrons. The molecule has 0 bridgehead atoms. The average molecular weight is 310 g/mol. The van der Waals surface area contributed by atoms with Crippen LogP contribution in [0.5, 0.6) is 0 Å². The third kappa shape index (κ3) is 4.04. The smallest absolute Gasteiger partial charge is 0.269 e. The molecule has 2 rings (SSSR count). The van der Waals surface area contributed by atoms with Gasteiger partial charge in [-0.2, -0.15) is 5.26 Å². The summed E-state index contributed by atoms with van der Waals surface area (Å²) in [5.74, 6) is 0.0458. The predicted octanol–water partition coefficient (Wildman–Crippen LogP) is 1.55. The molecule has 0 fully saturated rings. The summed E-state index contributed by atoms with van der Waals surface area (Å²) < 4.78 is 1.29. The van der Waals surface area contributed by atoms with E-state index in [1.807, 2.05) is 19.9 Å². The molecular weight excluding hydrogens is 292 g/mol. The van der Waals surface area contributed by atoms with Gasteiger partial charge in [0.1, 0.15) is 18.2 Å². The van der Waals surface area contributed by atoms with Crippen molar-refractivity contribution < 1.29 is 4.79 Å². The van der Waals surface area contributed by atoms with Crippen molar-refractivity contribution in [3.8, 4) is 17.5 Å². The number of rotatable bonds is 5. The molecule has 0 unspecified atom stereocenters. The fourth-order valence-electron chi connectivity index (χ4n) is 2.08. The fraction of sp³-hybridized carbons (Fsp3) is 0.294. The van der Waals surface area contributed by atoms with Crippen LogP contribution in [0.3, 0.4) is 0 Å². The Bertz CT molecular complexity index is 788. The second kappa shape index (κ2) is 7.36. The molecule has 0 atom stereocenters. The summed E-state index contributed by atoms with van der Waals surface area (Å²) in [5, 5.41) is 11.8. The Hall–Kier alpha value is -2.94. The van der Waals surface area contributed by atoms with E-state index < -0.39 is 5.56 Å². The average Bonchev–Trinajstić information content (AvgIpc) is 2.55. The minimum absolute atomic E-state index is 0.00124. The van der Waals surface area contributed by atoms with Crippen molar-refractivity contribution in [1.82, 2.24) is 14.9 Å². The van der Waals surface area contributed by atoms with E-state index in [4.69, 9.17) is 5.26 Å². The van der Waals surface area contributed by atoms with Crippen molar-refractivity contribution in [2.75, 3.05) is 6.54 Å². The number of pyridine rings is 2. The molecule has 6 heteroatoms. The molecular formula is C17H18N4O2. The molecule has 2 heterocycles. The van der Waals surface area contributed by atoms with E-state index in [9.17, 15) is 9.59 Å². The standard InChI is InChI=1S/C17H18N4O2/c1-12(2)10-20-16(22)11-21-15(14-5-3-4-8-19-14)7-6-13(9-18)17(21)23/h3-8,12H,10-11H2,1-2H3,(H,20,22). The highest BCUT2D eigenvalue weighted by Crippen LogP contribution is 2.15. The second-order valence-corrected chi connectivity index (χ2v) is 5.55. The van der Waals surface area contributed by atoms with Crippen LogP contribution in [0.25, 0.3) is 11.4 Å². The van der Waals surface area contributed by atoms with Gasteiger partial charge in [-0.15, -0.1) is 0 Å². The molecule has 0 aliphatic carbocycles. The lowest BCUT2D eigenvalue weighted by Gasteiger charge is -2.13. The number of aromatic nitrogens is 2. The van der Waals surface area contributed by atoms with Crippen molar-refractivity contribution in [3.05, 3.63) is 52.4 Å². The van der Waals surface area contributed by atoms with Gasteiger partial charge in [-0.05, 0) is 30.2 Å². The maximum absolute atomic E-state index is 12.4. The monoisotopic (exact) mass is 310 g/mol. The van der Waals surface area contributed by atoms with Crippen molar-refractivity contribution in [2.24, 2.45) is 5.92 Å². The van der Waals surface area contributed by atoms with E-state index in [1.165, 1.54) is 10.6 Å². The Morgan fingerprint density at radius 1 is 1.35 bits per heavy atom. The first-order valence-corrected chi connectivity index (χ1v) is 7.35. The zero-order chi connectivity index (χ0) is 16.8. The highest BCUT2D eigenvalue weighted by molar-refractivity contribution is 5.76. The normalized spacial score (nSPS) is 10.3. The first kappa shape index (κ1) is 16.4. The van der Waals surface area contributed by atoms with Crippen LogP contribution in [0.4, 0.5) is 0 Å². The number of hydrogen-bond acceptors (Lipinski definition) is 4. The lowest BCUT2D eigenvalue weighted by molar-refractivity contribution is -0.121. The van der Waals surface area contributed by atoms with Crippen LogP contribution in [-0.4, -0.2) is 22.0 Å². The van der Waals surface area contributed by atoms with Gasteiger partial charge in [0.25, 0.3) is 5.56 Å². The molecule has 0 saturated carbocycles. The van der Waals surface area contributed by atoms with Gasteiger partial charge < -0.3 is 5.32 Å². The zero-order valence-corrected chi connectivity index (χ0v) is 13.1. The summed E-state index contributed by atoms with van der Waals surface area (Å²) in [4.78, 5) is 28.7. The zero-order valence-electron chi connectivity index (χ0n) is 13.1. The van der Waals surface area contributed by atoms with Gasteiger partial charge in [-0.3, -0.25) is 19.1 Å². The number of nitriles is 1. The molecule has 1 amide bonds. The van der Waals surface area contributed by atoms with Gasteiger partial charge in [0.05, 0.1) is 11.4 Å². The van der Waals surface area contributed by atoms with E-state index in [1.54, 1.807) is 30.5 Å². The summed E-state index contributed by atoms with van der Waals surface area (Å²) in [6.07, 6.45) is 1.61. The molecule has 6 nitrogen and oxygen atoms in total. The van der Waals surface area contributed by atoms with E-state index in [0.29, 0.717) is 23.9 Å². The fourth-order valence-corrected chi connectivity index (χ4v) is 2.08. The van der Waals surface area contributed by atoms with Crippen LogP contribution < -0.4 is 10.9 Å². The highest BCUT2D eigenvalue weighted by Gasteiger charge is 2.14. The SMILES string of the molecule is CC(C)CNC(=O)Cn1c(-c2ccccn2)ccc(C#N)c1=O. The molecule has 0 radical (unpaired) electrons. The van der Waals surface area contributed by atoms with Crippen molar-refractivity contribution >= 4 is 5.91 Å². The minimum Gasteiger partial charge on any atom is -0.354 e. The third-order valence-corrected chi connectivity index (χ3v) is 3.23. The van der Waals surface area contributed by atoms with E-state index >= 15 is 0 Å². The highest BCUT2D eigenvalue weighted by atomic mass is 16.2. The van der Waals surface area contributed by atoms with Gasteiger partial charge in [0.2, 0.25) is 5.91 Å². The van der Waals surface area contributed by atoms with Gasteiger partial charge in [0.15, 0.2) is 0 Å². The number of amides is 1. The molecule has 0 aromatic carbocycles. The molecule has 2 aromatic rings. The van der Waals surface area contributed by atoms with Crippen molar-refractivity contribution in [1.29, 1.82) is 5.26 Å². The maximum atomic E-state index is 12.4. The number of nitrogens with one attached hydrogen (secondary N) is 1. The van der Waals surface area contributed by atoms with Crippen molar-refractivity contribution in [3.63, 3.8) is 0 Å². The quantitative estimate of drug-likeness (QED) is 0.907. The summed E-state index contributed by atoms with van der Waals surface area (Å²) >= 11 is 0. The van der Waals surface area contributed by atoms with Gasteiger partial charge in [-0.1, -0.05) is 19.9 Å². The van der Waals surface area contributed by atoms with Gasteiger partial charge in [-0.25, -0.2) is 0 Å². The molecule has 2 aromatic heterocycles. The Kier molecular flexibility index (Phi) is 5.26. The predicted molar refractivity (Wildman–Crippen MR) is 86.5 cm³/mol. The van der Waals surface area contributed by atoms with E-state index in [0.717, 1.165) is 0 Å². The van der Waals surface area contributed by atoms with Crippen LogP contribution >= 0.6 is 0 Å².